The van der Waals surface area contributed by atoms with Gasteiger partial charge in [0.05, 0.1) is 6.54 Å². The number of nitrogens with zero attached hydrogens (tertiary/aromatic N) is 2. The number of rotatable bonds is 6. The van der Waals surface area contributed by atoms with Crippen molar-refractivity contribution in [3.05, 3.63) is 35.9 Å². The molecule has 7 heteroatoms. The predicted octanol–water partition coefficient (Wildman–Crippen LogP) is 2.02. The fourth-order valence-electron chi connectivity index (χ4n) is 2.72. The number of guanidine groups is 1. The third-order valence-corrected chi connectivity index (χ3v) is 3.86. The maximum absolute atomic E-state index is 12.3. The average molecular weight is 328 g/mol. The summed E-state index contributed by atoms with van der Waals surface area (Å²) in [5.41, 5.74) is 7.01. The van der Waals surface area contributed by atoms with Gasteiger partial charge >= 0.3 is 6.18 Å². The molecule has 0 aromatic heterocycles. The molecule has 0 radical (unpaired) electrons. The van der Waals surface area contributed by atoms with Gasteiger partial charge in [0, 0.05) is 19.6 Å². The quantitative estimate of drug-likeness (QED) is 0.620. The second kappa shape index (κ2) is 8.19. The van der Waals surface area contributed by atoms with Crippen LogP contribution in [0.15, 0.2) is 35.3 Å². The lowest BCUT2D eigenvalue weighted by Gasteiger charge is -2.17. The zero-order valence-corrected chi connectivity index (χ0v) is 13.0. The van der Waals surface area contributed by atoms with E-state index in [1.54, 1.807) is 0 Å². The van der Waals surface area contributed by atoms with Crippen LogP contribution in [0.1, 0.15) is 12.0 Å². The highest BCUT2D eigenvalue weighted by molar-refractivity contribution is 5.77. The molecule has 1 fully saturated rings. The summed E-state index contributed by atoms with van der Waals surface area (Å²) in [7, 11) is 0. The monoisotopic (exact) mass is 328 g/mol. The van der Waals surface area contributed by atoms with Crippen molar-refractivity contribution in [1.29, 1.82) is 0 Å². The smallest absolute Gasteiger partial charge is 0.370 e. The zero-order valence-electron chi connectivity index (χ0n) is 13.0. The van der Waals surface area contributed by atoms with Gasteiger partial charge in [-0.3, -0.25) is 9.89 Å². The van der Waals surface area contributed by atoms with Gasteiger partial charge in [0.15, 0.2) is 5.96 Å². The molecule has 23 heavy (non-hydrogen) atoms. The number of aliphatic imine (C=N–C) groups is 1. The standard InChI is InChI=1S/C16H23F3N4/c17-16(18,19)12-23-9-7-14(11-23)10-22-15(20)21-8-6-13-4-2-1-3-5-13/h1-5,14H,6-12H2,(H3,20,21,22). The summed E-state index contributed by atoms with van der Waals surface area (Å²) in [5, 5.41) is 3.04. The minimum atomic E-state index is -4.13. The average Bonchev–Trinajstić information content (AvgIpc) is 2.92. The summed E-state index contributed by atoms with van der Waals surface area (Å²) in [4.78, 5) is 5.67. The number of nitrogens with two attached hydrogens (primary N) is 1. The maximum atomic E-state index is 12.3. The van der Waals surface area contributed by atoms with E-state index in [1.807, 2.05) is 30.3 Å². The van der Waals surface area contributed by atoms with Crippen molar-refractivity contribution >= 4 is 5.96 Å². The van der Waals surface area contributed by atoms with Crippen molar-refractivity contribution in [2.45, 2.75) is 19.0 Å². The summed E-state index contributed by atoms with van der Waals surface area (Å²) in [5.74, 6) is 0.502. The van der Waals surface area contributed by atoms with Gasteiger partial charge in [0.1, 0.15) is 0 Å². The molecule has 2 rings (SSSR count). The van der Waals surface area contributed by atoms with E-state index in [4.69, 9.17) is 5.73 Å². The van der Waals surface area contributed by atoms with E-state index in [9.17, 15) is 13.2 Å². The van der Waals surface area contributed by atoms with Crippen molar-refractivity contribution in [2.75, 3.05) is 32.7 Å². The predicted molar refractivity (Wildman–Crippen MR) is 85.2 cm³/mol. The fraction of sp³-hybridized carbons (Fsp3) is 0.562. The number of halogens is 3. The highest BCUT2D eigenvalue weighted by atomic mass is 19.4. The van der Waals surface area contributed by atoms with E-state index in [2.05, 4.69) is 10.3 Å². The first-order valence-electron chi connectivity index (χ1n) is 7.79. The molecule has 1 heterocycles. The van der Waals surface area contributed by atoms with E-state index in [0.29, 0.717) is 32.1 Å². The van der Waals surface area contributed by atoms with Gasteiger partial charge < -0.3 is 11.1 Å². The summed E-state index contributed by atoms with van der Waals surface area (Å²) < 4.78 is 37.0. The maximum Gasteiger partial charge on any atom is 0.401 e. The Bertz CT molecular complexity index is 502. The fourth-order valence-corrected chi connectivity index (χ4v) is 2.72. The van der Waals surface area contributed by atoms with Crippen LogP contribution in [-0.2, 0) is 6.42 Å². The van der Waals surface area contributed by atoms with Crippen LogP contribution < -0.4 is 11.1 Å². The minimum absolute atomic E-state index is 0.145. The molecule has 0 saturated carbocycles. The van der Waals surface area contributed by atoms with Gasteiger partial charge in [-0.05, 0) is 30.9 Å². The molecule has 1 aliphatic heterocycles. The highest BCUT2D eigenvalue weighted by Gasteiger charge is 2.34. The van der Waals surface area contributed by atoms with E-state index < -0.39 is 12.7 Å². The number of benzene rings is 1. The van der Waals surface area contributed by atoms with Gasteiger partial charge in [0.25, 0.3) is 0 Å². The molecule has 0 spiro atoms. The Balaban J connectivity index is 1.65. The zero-order chi connectivity index (χ0) is 16.7. The lowest BCUT2D eigenvalue weighted by atomic mass is 10.1. The first-order valence-corrected chi connectivity index (χ1v) is 7.79. The first kappa shape index (κ1) is 17.6. The molecule has 1 saturated heterocycles. The number of alkyl halides is 3. The van der Waals surface area contributed by atoms with Crippen molar-refractivity contribution in [3.8, 4) is 0 Å². The molecular weight excluding hydrogens is 305 g/mol. The molecule has 0 bridgehead atoms. The molecule has 1 aromatic carbocycles. The van der Waals surface area contributed by atoms with Crippen molar-refractivity contribution in [3.63, 3.8) is 0 Å². The lowest BCUT2D eigenvalue weighted by molar-refractivity contribution is -0.143. The normalized spacial score (nSPS) is 20.0. The minimum Gasteiger partial charge on any atom is -0.370 e. The summed E-state index contributed by atoms with van der Waals surface area (Å²) in [6.45, 7) is 1.22. The molecule has 0 aliphatic carbocycles. The van der Waals surface area contributed by atoms with Crippen LogP contribution in [-0.4, -0.2) is 49.8 Å². The van der Waals surface area contributed by atoms with Crippen molar-refractivity contribution < 1.29 is 13.2 Å². The Morgan fingerprint density at radius 2 is 2.04 bits per heavy atom. The molecular formula is C16H23F3N4. The second-order valence-corrected chi connectivity index (χ2v) is 5.89. The Morgan fingerprint density at radius 1 is 1.30 bits per heavy atom. The molecule has 128 valence electrons. The van der Waals surface area contributed by atoms with Crippen LogP contribution >= 0.6 is 0 Å². The van der Waals surface area contributed by atoms with Gasteiger partial charge in [0.2, 0.25) is 0 Å². The Morgan fingerprint density at radius 3 is 2.74 bits per heavy atom. The Hall–Kier alpha value is -1.76. The van der Waals surface area contributed by atoms with Crippen LogP contribution in [0.2, 0.25) is 0 Å². The lowest BCUT2D eigenvalue weighted by Crippen LogP contribution is -2.34. The Labute approximate surface area is 134 Å². The van der Waals surface area contributed by atoms with E-state index >= 15 is 0 Å². The van der Waals surface area contributed by atoms with Crippen molar-refractivity contribution in [2.24, 2.45) is 16.6 Å². The van der Waals surface area contributed by atoms with Crippen LogP contribution in [0, 0.1) is 5.92 Å². The number of likely N-dealkylation sites (tertiary alicyclic amines) is 1. The largest absolute Gasteiger partial charge is 0.401 e. The van der Waals surface area contributed by atoms with E-state index in [0.717, 1.165) is 12.8 Å². The molecule has 4 nitrogen and oxygen atoms in total. The number of hydrogen-bond acceptors (Lipinski definition) is 2. The number of nitrogens with one attached hydrogen (secondary N) is 1. The second-order valence-electron chi connectivity index (χ2n) is 5.89. The molecule has 1 aliphatic rings. The van der Waals surface area contributed by atoms with Gasteiger partial charge in [-0.25, -0.2) is 0 Å². The summed E-state index contributed by atoms with van der Waals surface area (Å²) in [6.07, 6.45) is -2.55. The SMILES string of the molecule is NC(=NCC1CCN(CC(F)(F)F)C1)NCCc1ccccc1. The third kappa shape index (κ3) is 6.90. The molecule has 3 N–H and O–H groups in total. The third-order valence-electron chi connectivity index (χ3n) is 3.86. The molecule has 1 unspecified atom stereocenters. The van der Waals surface area contributed by atoms with Crippen LogP contribution in [0.3, 0.4) is 0 Å². The van der Waals surface area contributed by atoms with Crippen LogP contribution in [0.4, 0.5) is 13.2 Å². The van der Waals surface area contributed by atoms with E-state index in [1.165, 1.54) is 10.5 Å². The summed E-state index contributed by atoms with van der Waals surface area (Å²) >= 11 is 0. The van der Waals surface area contributed by atoms with E-state index in [-0.39, 0.29) is 5.92 Å². The molecule has 0 amide bonds. The van der Waals surface area contributed by atoms with Gasteiger partial charge in [-0.15, -0.1) is 0 Å². The van der Waals surface area contributed by atoms with Crippen LogP contribution in [0.5, 0.6) is 0 Å². The van der Waals surface area contributed by atoms with Gasteiger partial charge in [-0.1, -0.05) is 30.3 Å². The van der Waals surface area contributed by atoms with Crippen LogP contribution in [0.25, 0.3) is 0 Å². The van der Waals surface area contributed by atoms with Crippen molar-refractivity contribution in [1.82, 2.24) is 10.2 Å². The highest BCUT2D eigenvalue weighted by Crippen LogP contribution is 2.22. The van der Waals surface area contributed by atoms with Gasteiger partial charge in [-0.2, -0.15) is 13.2 Å². The number of hydrogen-bond donors (Lipinski definition) is 2. The Kier molecular flexibility index (Phi) is 6.27. The molecule has 1 aromatic rings. The first-order chi connectivity index (χ1) is 10.9. The summed E-state index contributed by atoms with van der Waals surface area (Å²) in [6, 6.07) is 10.0. The molecule has 1 atom stereocenters. The topological polar surface area (TPSA) is 53.6 Å².